The second kappa shape index (κ2) is 4.69. The highest BCUT2D eigenvalue weighted by atomic mass is 32.1. The van der Waals surface area contributed by atoms with E-state index in [9.17, 15) is 0 Å². The maximum Gasteiger partial charge on any atom is 0.102 e. The zero-order valence-corrected chi connectivity index (χ0v) is 11.9. The number of thiazole rings is 1. The van der Waals surface area contributed by atoms with Gasteiger partial charge >= 0.3 is 0 Å². The minimum Gasteiger partial charge on any atom is -0.294 e. The topological polar surface area (TPSA) is 57.7 Å². The first kappa shape index (κ1) is 12.1. The van der Waals surface area contributed by atoms with E-state index in [-0.39, 0.29) is 0 Å². The van der Waals surface area contributed by atoms with Gasteiger partial charge in [0.2, 0.25) is 0 Å². The molecule has 6 heteroatoms. The number of hydrogen-bond acceptors (Lipinski definition) is 5. The van der Waals surface area contributed by atoms with Gasteiger partial charge in [0.1, 0.15) is 6.07 Å². The number of nitrogens with zero attached hydrogens (tertiary/aromatic N) is 5. The number of rotatable bonds is 4. The van der Waals surface area contributed by atoms with Crippen LogP contribution in [0.5, 0.6) is 0 Å². The van der Waals surface area contributed by atoms with Gasteiger partial charge in [0.15, 0.2) is 0 Å². The summed E-state index contributed by atoms with van der Waals surface area (Å²) in [5.74, 6) is 0.756. The third-order valence-electron chi connectivity index (χ3n) is 3.92. The Kier molecular flexibility index (Phi) is 2.83. The summed E-state index contributed by atoms with van der Waals surface area (Å²) >= 11 is 1.87. The molecule has 5 nitrogen and oxygen atoms in total. The minimum atomic E-state index is 0.410. The van der Waals surface area contributed by atoms with Crippen LogP contribution in [-0.2, 0) is 6.54 Å². The van der Waals surface area contributed by atoms with Crippen LogP contribution in [0.4, 0.5) is 0 Å². The lowest BCUT2D eigenvalue weighted by Gasteiger charge is -2.38. The standard InChI is InChI=1S/C14H15N5S/c15-3-10-4-17-19(6-10)12-7-18(8-12)9-13-5-16-14(20-13)11-1-2-11/h4-6,11-12H,1-2,7-9H2. The number of likely N-dealkylation sites (tertiary alicyclic amines) is 1. The molecule has 2 aliphatic rings. The van der Waals surface area contributed by atoms with Crippen molar-refractivity contribution in [1.82, 2.24) is 19.7 Å². The molecule has 0 radical (unpaired) electrons. The van der Waals surface area contributed by atoms with E-state index in [0.717, 1.165) is 25.6 Å². The molecule has 20 heavy (non-hydrogen) atoms. The quantitative estimate of drug-likeness (QED) is 0.863. The van der Waals surface area contributed by atoms with Crippen LogP contribution in [0.3, 0.4) is 0 Å². The van der Waals surface area contributed by atoms with Crippen molar-refractivity contribution < 1.29 is 0 Å². The maximum absolute atomic E-state index is 8.80. The highest BCUT2D eigenvalue weighted by Gasteiger charge is 2.30. The molecule has 2 aromatic heterocycles. The van der Waals surface area contributed by atoms with E-state index in [1.165, 1.54) is 22.7 Å². The van der Waals surface area contributed by atoms with Gasteiger partial charge in [0.05, 0.1) is 22.8 Å². The molecule has 1 aliphatic heterocycles. The summed E-state index contributed by atoms with van der Waals surface area (Å²) in [6.45, 7) is 3.00. The van der Waals surface area contributed by atoms with Gasteiger partial charge < -0.3 is 0 Å². The fourth-order valence-electron chi connectivity index (χ4n) is 2.57. The van der Waals surface area contributed by atoms with Gasteiger partial charge in [-0.05, 0) is 12.8 Å². The van der Waals surface area contributed by atoms with Crippen LogP contribution in [0.1, 0.15) is 40.2 Å². The first-order chi connectivity index (χ1) is 9.81. The molecule has 0 spiro atoms. The zero-order chi connectivity index (χ0) is 13.5. The van der Waals surface area contributed by atoms with Crippen molar-refractivity contribution in [3.63, 3.8) is 0 Å². The molecular weight excluding hydrogens is 270 g/mol. The molecule has 0 unspecified atom stereocenters. The van der Waals surface area contributed by atoms with Crippen LogP contribution in [0.25, 0.3) is 0 Å². The molecule has 0 atom stereocenters. The van der Waals surface area contributed by atoms with E-state index in [1.54, 1.807) is 6.20 Å². The van der Waals surface area contributed by atoms with Crippen molar-refractivity contribution in [3.8, 4) is 6.07 Å². The van der Waals surface area contributed by atoms with Crippen molar-refractivity contribution in [1.29, 1.82) is 5.26 Å². The van der Waals surface area contributed by atoms with Crippen LogP contribution >= 0.6 is 11.3 Å². The van der Waals surface area contributed by atoms with Crippen LogP contribution < -0.4 is 0 Å². The molecule has 0 bridgehead atoms. The van der Waals surface area contributed by atoms with Crippen LogP contribution in [0.2, 0.25) is 0 Å². The lowest BCUT2D eigenvalue weighted by atomic mass is 10.1. The van der Waals surface area contributed by atoms with Gasteiger partial charge in [-0.1, -0.05) is 0 Å². The number of hydrogen-bond donors (Lipinski definition) is 0. The van der Waals surface area contributed by atoms with E-state index in [2.05, 4.69) is 21.1 Å². The van der Waals surface area contributed by atoms with Crippen LogP contribution in [0, 0.1) is 11.3 Å². The molecule has 2 fully saturated rings. The number of aromatic nitrogens is 3. The van der Waals surface area contributed by atoms with Gasteiger partial charge in [-0.3, -0.25) is 9.58 Å². The predicted octanol–water partition coefficient (Wildman–Crippen LogP) is 2.15. The summed E-state index contributed by atoms with van der Waals surface area (Å²) in [5, 5.41) is 14.4. The van der Waals surface area contributed by atoms with E-state index in [4.69, 9.17) is 5.26 Å². The predicted molar refractivity (Wildman–Crippen MR) is 75.3 cm³/mol. The van der Waals surface area contributed by atoms with Gasteiger partial charge in [-0.2, -0.15) is 10.4 Å². The molecule has 2 aromatic rings. The maximum atomic E-state index is 8.80. The molecule has 1 aliphatic carbocycles. The first-order valence-corrected chi connectivity index (χ1v) is 7.74. The largest absolute Gasteiger partial charge is 0.294 e. The number of nitriles is 1. The lowest BCUT2D eigenvalue weighted by molar-refractivity contribution is 0.0919. The van der Waals surface area contributed by atoms with Gasteiger partial charge in [0.25, 0.3) is 0 Å². The highest BCUT2D eigenvalue weighted by Crippen LogP contribution is 2.42. The second-order valence-electron chi connectivity index (χ2n) is 5.61. The Bertz CT molecular complexity index is 657. The SMILES string of the molecule is N#Cc1cnn(C2CN(Cc3cnc(C4CC4)s3)C2)c1. The fourth-order valence-corrected chi connectivity index (χ4v) is 3.70. The van der Waals surface area contributed by atoms with E-state index >= 15 is 0 Å². The van der Waals surface area contributed by atoms with E-state index < -0.39 is 0 Å². The molecular formula is C14H15N5S. The minimum absolute atomic E-state index is 0.410. The van der Waals surface area contributed by atoms with Crippen molar-refractivity contribution in [3.05, 3.63) is 34.0 Å². The summed E-state index contributed by atoms with van der Waals surface area (Å²) in [4.78, 5) is 8.29. The zero-order valence-electron chi connectivity index (χ0n) is 11.1. The summed E-state index contributed by atoms with van der Waals surface area (Å²) in [5.41, 5.74) is 0.639. The van der Waals surface area contributed by atoms with Gasteiger partial charge in [-0.25, -0.2) is 4.98 Å². The normalized spacial score (nSPS) is 19.8. The van der Waals surface area contributed by atoms with Crippen molar-refractivity contribution >= 4 is 11.3 Å². The second-order valence-corrected chi connectivity index (χ2v) is 6.75. The smallest absolute Gasteiger partial charge is 0.102 e. The summed E-state index contributed by atoms with van der Waals surface area (Å²) in [6, 6.07) is 2.53. The Morgan fingerprint density at radius 1 is 1.35 bits per heavy atom. The third kappa shape index (κ3) is 2.23. The Hall–Kier alpha value is -1.71. The van der Waals surface area contributed by atoms with E-state index in [1.807, 2.05) is 28.4 Å². The Morgan fingerprint density at radius 2 is 2.20 bits per heavy atom. The highest BCUT2D eigenvalue weighted by molar-refractivity contribution is 7.11. The van der Waals surface area contributed by atoms with Crippen molar-refractivity contribution in [2.24, 2.45) is 0 Å². The Labute approximate surface area is 121 Å². The van der Waals surface area contributed by atoms with Gasteiger partial charge in [0, 0.05) is 42.8 Å². The molecule has 3 heterocycles. The first-order valence-electron chi connectivity index (χ1n) is 6.93. The molecule has 4 rings (SSSR count). The molecule has 0 aromatic carbocycles. The Balaban J connectivity index is 1.33. The summed E-state index contributed by atoms with van der Waals surface area (Å²) in [6.07, 6.45) is 8.14. The average molecular weight is 285 g/mol. The molecule has 102 valence electrons. The molecule has 0 amide bonds. The third-order valence-corrected chi connectivity index (χ3v) is 5.06. The monoisotopic (exact) mass is 285 g/mol. The Morgan fingerprint density at radius 3 is 2.90 bits per heavy atom. The van der Waals surface area contributed by atoms with Crippen LogP contribution in [0.15, 0.2) is 18.6 Å². The van der Waals surface area contributed by atoms with Crippen molar-refractivity contribution in [2.75, 3.05) is 13.1 Å². The van der Waals surface area contributed by atoms with Crippen molar-refractivity contribution in [2.45, 2.75) is 31.3 Å². The average Bonchev–Trinajstić information content (AvgIpc) is 2.99. The van der Waals surface area contributed by atoms with Gasteiger partial charge in [-0.15, -0.1) is 11.3 Å². The fraction of sp³-hybridized carbons (Fsp3) is 0.500. The van der Waals surface area contributed by atoms with E-state index in [0.29, 0.717) is 11.6 Å². The molecule has 1 saturated heterocycles. The molecule has 1 saturated carbocycles. The summed E-state index contributed by atoms with van der Waals surface area (Å²) in [7, 11) is 0. The van der Waals surface area contributed by atoms with Crippen LogP contribution in [-0.4, -0.2) is 32.8 Å². The molecule has 0 N–H and O–H groups in total. The lowest BCUT2D eigenvalue weighted by Crippen LogP contribution is -2.46. The summed E-state index contributed by atoms with van der Waals surface area (Å²) < 4.78 is 1.91.